The molecule has 106 valence electrons. The average molecular weight is 267 g/mol. The first-order chi connectivity index (χ1) is 9.24. The predicted molar refractivity (Wildman–Crippen MR) is 74.3 cm³/mol. The molecule has 0 spiro atoms. The molecule has 2 heterocycles. The van der Waals surface area contributed by atoms with E-state index < -0.39 is 0 Å². The van der Waals surface area contributed by atoms with Crippen molar-refractivity contribution in [3.05, 3.63) is 6.07 Å². The first-order valence-electron chi connectivity index (χ1n) is 6.58. The van der Waals surface area contributed by atoms with E-state index in [2.05, 4.69) is 22.2 Å². The number of nitrogens with zero attached hydrogens (tertiary/aromatic N) is 3. The average Bonchev–Trinajstić information content (AvgIpc) is 2.44. The highest BCUT2D eigenvalue weighted by Gasteiger charge is 2.24. The maximum absolute atomic E-state index is 9.39. The molecule has 0 aromatic carbocycles. The van der Waals surface area contributed by atoms with Crippen LogP contribution in [-0.4, -0.2) is 54.0 Å². The van der Waals surface area contributed by atoms with Crippen LogP contribution in [0.3, 0.4) is 0 Å². The molecule has 1 aromatic heterocycles. The zero-order valence-electron chi connectivity index (χ0n) is 11.2. The number of nitrogens with one attached hydrogen (secondary N) is 1. The number of hydrogen-bond acceptors (Lipinski definition) is 7. The molecule has 0 aliphatic carbocycles. The summed E-state index contributed by atoms with van der Waals surface area (Å²) in [7, 11) is 0. The summed E-state index contributed by atoms with van der Waals surface area (Å²) in [6.07, 6.45) is 1.01. The Morgan fingerprint density at radius 2 is 2.42 bits per heavy atom. The SMILES string of the molecule is CCCNc1cc(N2CCOCC2CO)nc(N)n1. The van der Waals surface area contributed by atoms with Gasteiger partial charge < -0.3 is 25.8 Å². The lowest BCUT2D eigenvalue weighted by molar-refractivity contribution is 0.0723. The number of nitrogen functional groups attached to an aromatic ring is 1. The van der Waals surface area contributed by atoms with Gasteiger partial charge in [0.2, 0.25) is 5.95 Å². The molecule has 7 nitrogen and oxygen atoms in total. The quantitative estimate of drug-likeness (QED) is 0.695. The zero-order chi connectivity index (χ0) is 13.7. The fourth-order valence-electron chi connectivity index (χ4n) is 2.05. The van der Waals surface area contributed by atoms with Crippen LogP contribution in [-0.2, 0) is 4.74 Å². The molecule has 0 amide bonds. The lowest BCUT2D eigenvalue weighted by Crippen LogP contribution is -2.48. The third kappa shape index (κ3) is 3.45. The van der Waals surface area contributed by atoms with Crippen LogP contribution in [0, 0.1) is 0 Å². The predicted octanol–water partition coefficient (Wildman–Crippen LogP) is 0.0782. The third-order valence-corrected chi connectivity index (χ3v) is 3.02. The highest BCUT2D eigenvalue weighted by molar-refractivity contribution is 5.53. The van der Waals surface area contributed by atoms with E-state index in [1.54, 1.807) is 0 Å². The van der Waals surface area contributed by atoms with Gasteiger partial charge in [0.15, 0.2) is 0 Å². The van der Waals surface area contributed by atoms with E-state index in [4.69, 9.17) is 10.5 Å². The second kappa shape index (κ2) is 6.53. The number of aliphatic hydroxyl groups excluding tert-OH is 1. The van der Waals surface area contributed by atoms with Crippen molar-refractivity contribution < 1.29 is 9.84 Å². The van der Waals surface area contributed by atoms with Crippen LogP contribution in [0.5, 0.6) is 0 Å². The Hall–Kier alpha value is -1.60. The van der Waals surface area contributed by atoms with Crippen molar-refractivity contribution in [2.45, 2.75) is 19.4 Å². The molecular formula is C12H21N5O2. The number of aromatic nitrogens is 2. The van der Waals surface area contributed by atoms with Crippen molar-refractivity contribution in [1.29, 1.82) is 0 Å². The summed E-state index contributed by atoms with van der Waals surface area (Å²) < 4.78 is 5.36. The normalized spacial score (nSPS) is 19.5. The second-order valence-electron chi connectivity index (χ2n) is 4.50. The standard InChI is InChI=1S/C12H21N5O2/c1-2-3-14-10-6-11(16-12(13)15-10)17-4-5-19-8-9(17)7-18/h6,9,18H,2-5,7-8H2,1H3,(H3,13,14,15,16). The topological polar surface area (TPSA) is 96.5 Å². The molecule has 1 aliphatic heterocycles. The third-order valence-electron chi connectivity index (χ3n) is 3.02. The van der Waals surface area contributed by atoms with Gasteiger partial charge >= 0.3 is 0 Å². The second-order valence-corrected chi connectivity index (χ2v) is 4.50. The molecule has 19 heavy (non-hydrogen) atoms. The maximum atomic E-state index is 9.39. The number of anilines is 3. The van der Waals surface area contributed by atoms with Crippen molar-refractivity contribution in [2.75, 3.05) is 48.9 Å². The molecule has 0 radical (unpaired) electrons. The van der Waals surface area contributed by atoms with Crippen molar-refractivity contribution in [3.8, 4) is 0 Å². The fourth-order valence-corrected chi connectivity index (χ4v) is 2.05. The van der Waals surface area contributed by atoms with Crippen LogP contribution in [0.1, 0.15) is 13.3 Å². The molecule has 2 rings (SSSR count). The Bertz CT molecular complexity index is 415. The van der Waals surface area contributed by atoms with E-state index in [9.17, 15) is 5.11 Å². The highest BCUT2D eigenvalue weighted by atomic mass is 16.5. The van der Waals surface area contributed by atoms with Gasteiger partial charge in [-0.2, -0.15) is 9.97 Å². The molecular weight excluding hydrogens is 246 g/mol. The number of aliphatic hydroxyl groups is 1. The molecule has 0 bridgehead atoms. The fraction of sp³-hybridized carbons (Fsp3) is 0.667. The smallest absolute Gasteiger partial charge is 0.223 e. The molecule has 1 aliphatic rings. The van der Waals surface area contributed by atoms with Crippen molar-refractivity contribution in [3.63, 3.8) is 0 Å². The van der Waals surface area contributed by atoms with E-state index in [-0.39, 0.29) is 18.6 Å². The van der Waals surface area contributed by atoms with E-state index in [0.29, 0.717) is 25.6 Å². The molecule has 7 heteroatoms. The highest BCUT2D eigenvalue weighted by Crippen LogP contribution is 2.21. The van der Waals surface area contributed by atoms with Gasteiger partial charge in [-0.25, -0.2) is 0 Å². The number of ether oxygens (including phenoxy) is 1. The largest absolute Gasteiger partial charge is 0.394 e. The van der Waals surface area contributed by atoms with Crippen molar-refractivity contribution in [1.82, 2.24) is 9.97 Å². The summed E-state index contributed by atoms with van der Waals surface area (Å²) in [5.74, 6) is 1.68. The molecule has 4 N–H and O–H groups in total. The van der Waals surface area contributed by atoms with Gasteiger partial charge in [0.05, 0.1) is 25.9 Å². The van der Waals surface area contributed by atoms with E-state index in [0.717, 1.165) is 18.8 Å². The van der Waals surface area contributed by atoms with E-state index in [1.807, 2.05) is 11.0 Å². The van der Waals surface area contributed by atoms with Crippen molar-refractivity contribution >= 4 is 17.6 Å². The first-order valence-corrected chi connectivity index (χ1v) is 6.58. The van der Waals surface area contributed by atoms with Gasteiger partial charge in [0.1, 0.15) is 11.6 Å². The molecule has 1 fully saturated rings. The summed E-state index contributed by atoms with van der Waals surface area (Å²) in [6, 6.07) is 1.78. The Morgan fingerprint density at radius 3 is 3.16 bits per heavy atom. The Labute approximate surface area is 112 Å². The Balaban J connectivity index is 2.19. The zero-order valence-corrected chi connectivity index (χ0v) is 11.2. The summed E-state index contributed by atoms with van der Waals surface area (Å²) in [6.45, 7) is 4.76. The van der Waals surface area contributed by atoms with Crippen LogP contribution in [0.25, 0.3) is 0 Å². The number of hydrogen-bond donors (Lipinski definition) is 3. The van der Waals surface area contributed by atoms with Crippen LogP contribution >= 0.6 is 0 Å². The molecule has 0 saturated carbocycles. The van der Waals surface area contributed by atoms with E-state index in [1.165, 1.54) is 0 Å². The number of morpholine rings is 1. The summed E-state index contributed by atoms with van der Waals surface area (Å²) in [5, 5.41) is 12.6. The lowest BCUT2D eigenvalue weighted by atomic mass is 10.2. The first kappa shape index (κ1) is 13.8. The van der Waals surface area contributed by atoms with Crippen LogP contribution < -0.4 is 16.0 Å². The van der Waals surface area contributed by atoms with Gasteiger partial charge in [0, 0.05) is 19.2 Å². The molecule has 1 aromatic rings. The lowest BCUT2D eigenvalue weighted by Gasteiger charge is -2.35. The van der Waals surface area contributed by atoms with Gasteiger partial charge in [0.25, 0.3) is 0 Å². The summed E-state index contributed by atoms with van der Waals surface area (Å²) in [4.78, 5) is 10.4. The maximum Gasteiger partial charge on any atom is 0.223 e. The molecule has 1 unspecified atom stereocenters. The monoisotopic (exact) mass is 267 g/mol. The van der Waals surface area contributed by atoms with E-state index >= 15 is 0 Å². The summed E-state index contributed by atoms with van der Waals surface area (Å²) in [5.41, 5.74) is 5.74. The molecule has 1 atom stereocenters. The van der Waals surface area contributed by atoms with Gasteiger partial charge in [-0.3, -0.25) is 0 Å². The van der Waals surface area contributed by atoms with Gasteiger partial charge in [-0.15, -0.1) is 0 Å². The van der Waals surface area contributed by atoms with Crippen molar-refractivity contribution in [2.24, 2.45) is 0 Å². The minimum atomic E-state index is -0.0814. The summed E-state index contributed by atoms with van der Waals surface area (Å²) >= 11 is 0. The van der Waals surface area contributed by atoms with Crippen LogP contribution in [0.4, 0.5) is 17.6 Å². The Kier molecular flexibility index (Phi) is 4.75. The van der Waals surface area contributed by atoms with Crippen LogP contribution in [0.2, 0.25) is 0 Å². The Morgan fingerprint density at radius 1 is 1.58 bits per heavy atom. The van der Waals surface area contributed by atoms with Crippen LogP contribution in [0.15, 0.2) is 6.07 Å². The minimum absolute atomic E-state index is 0.0294. The number of rotatable bonds is 5. The minimum Gasteiger partial charge on any atom is -0.394 e. The van der Waals surface area contributed by atoms with Gasteiger partial charge in [-0.1, -0.05) is 6.92 Å². The van der Waals surface area contributed by atoms with Gasteiger partial charge in [-0.05, 0) is 6.42 Å². The number of nitrogens with two attached hydrogens (primary N) is 1. The molecule has 1 saturated heterocycles.